The summed E-state index contributed by atoms with van der Waals surface area (Å²) in [7, 11) is 1.45. The Morgan fingerprint density at radius 3 is 2.47 bits per heavy atom. The first-order valence-electron chi connectivity index (χ1n) is 5.53. The van der Waals surface area contributed by atoms with E-state index in [1.807, 2.05) is 0 Å². The third-order valence-corrected chi connectivity index (χ3v) is 2.28. The Labute approximate surface area is 108 Å². The van der Waals surface area contributed by atoms with Gasteiger partial charge in [0.15, 0.2) is 0 Å². The number of rotatable bonds is 6. The highest BCUT2D eigenvalue weighted by atomic mass is 19.4. The SMILES string of the molecule is COc1ccc(C(C)O)c(OCCOC(F)(F)F)c1. The van der Waals surface area contributed by atoms with Crippen molar-refractivity contribution in [1.29, 1.82) is 0 Å². The van der Waals surface area contributed by atoms with Gasteiger partial charge in [-0.05, 0) is 19.1 Å². The molecule has 0 aromatic heterocycles. The van der Waals surface area contributed by atoms with Crippen LogP contribution in [0.4, 0.5) is 13.2 Å². The summed E-state index contributed by atoms with van der Waals surface area (Å²) in [5.41, 5.74) is 0.466. The summed E-state index contributed by atoms with van der Waals surface area (Å²) in [6.07, 6.45) is -5.48. The Morgan fingerprint density at radius 1 is 1.26 bits per heavy atom. The van der Waals surface area contributed by atoms with Gasteiger partial charge in [0.05, 0.1) is 19.8 Å². The van der Waals surface area contributed by atoms with E-state index in [4.69, 9.17) is 9.47 Å². The molecule has 0 saturated carbocycles. The molecule has 0 spiro atoms. The van der Waals surface area contributed by atoms with Crippen molar-refractivity contribution in [2.75, 3.05) is 20.3 Å². The zero-order chi connectivity index (χ0) is 14.5. The van der Waals surface area contributed by atoms with Gasteiger partial charge in [-0.2, -0.15) is 0 Å². The summed E-state index contributed by atoms with van der Waals surface area (Å²) in [6, 6.07) is 4.71. The molecule has 0 fully saturated rings. The molecular formula is C12H15F3O4. The summed E-state index contributed by atoms with van der Waals surface area (Å²) in [5, 5.41) is 9.52. The molecule has 1 N–H and O–H groups in total. The van der Waals surface area contributed by atoms with E-state index in [2.05, 4.69) is 4.74 Å². The molecule has 1 unspecified atom stereocenters. The molecule has 0 aliphatic rings. The van der Waals surface area contributed by atoms with Crippen LogP contribution in [0.2, 0.25) is 0 Å². The number of ether oxygens (including phenoxy) is 3. The first-order chi connectivity index (χ1) is 8.83. The van der Waals surface area contributed by atoms with Crippen LogP contribution in [-0.4, -0.2) is 31.8 Å². The van der Waals surface area contributed by atoms with E-state index < -0.39 is 19.1 Å². The van der Waals surface area contributed by atoms with Crippen LogP contribution in [0.25, 0.3) is 0 Å². The van der Waals surface area contributed by atoms with Crippen LogP contribution in [0.15, 0.2) is 18.2 Å². The van der Waals surface area contributed by atoms with Gasteiger partial charge in [-0.25, -0.2) is 0 Å². The van der Waals surface area contributed by atoms with E-state index in [1.165, 1.54) is 20.1 Å². The first-order valence-corrected chi connectivity index (χ1v) is 5.53. The summed E-state index contributed by atoms with van der Waals surface area (Å²) >= 11 is 0. The Kier molecular flexibility index (Phi) is 5.44. The largest absolute Gasteiger partial charge is 0.522 e. The van der Waals surface area contributed by atoms with Crippen LogP contribution in [0.1, 0.15) is 18.6 Å². The summed E-state index contributed by atoms with van der Waals surface area (Å²) < 4.78 is 49.0. The zero-order valence-electron chi connectivity index (χ0n) is 10.5. The molecule has 1 atom stereocenters. The van der Waals surface area contributed by atoms with Crippen LogP contribution in [0.3, 0.4) is 0 Å². The minimum Gasteiger partial charge on any atom is -0.497 e. The Bertz CT molecular complexity index is 404. The summed E-state index contributed by atoms with van der Waals surface area (Å²) in [5.74, 6) is 0.747. The fourth-order valence-electron chi connectivity index (χ4n) is 1.42. The maximum Gasteiger partial charge on any atom is 0.522 e. The Hall–Kier alpha value is -1.47. The average molecular weight is 280 g/mol. The lowest BCUT2D eigenvalue weighted by Gasteiger charge is -2.15. The highest BCUT2D eigenvalue weighted by Crippen LogP contribution is 2.29. The second kappa shape index (κ2) is 6.63. The Balaban J connectivity index is 2.65. The second-order valence-electron chi connectivity index (χ2n) is 3.72. The van der Waals surface area contributed by atoms with Crippen molar-refractivity contribution in [1.82, 2.24) is 0 Å². The molecule has 108 valence electrons. The number of hydrogen-bond donors (Lipinski definition) is 1. The molecule has 0 heterocycles. The molecule has 19 heavy (non-hydrogen) atoms. The lowest BCUT2D eigenvalue weighted by molar-refractivity contribution is -0.325. The predicted octanol–water partition coefficient (Wildman–Crippen LogP) is 2.66. The lowest BCUT2D eigenvalue weighted by atomic mass is 10.1. The topological polar surface area (TPSA) is 47.9 Å². The van der Waals surface area contributed by atoms with Gasteiger partial charge in [-0.1, -0.05) is 0 Å². The molecule has 0 bridgehead atoms. The molecule has 0 aliphatic carbocycles. The molecule has 7 heteroatoms. The number of methoxy groups -OCH3 is 1. The minimum absolute atomic E-state index is 0.264. The van der Waals surface area contributed by atoms with Gasteiger partial charge in [0, 0.05) is 11.6 Å². The number of alkyl halides is 3. The zero-order valence-corrected chi connectivity index (χ0v) is 10.5. The van der Waals surface area contributed by atoms with Gasteiger partial charge in [0.25, 0.3) is 0 Å². The molecular weight excluding hydrogens is 265 g/mol. The predicted molar refractivity (Wildman–Crippen MR) is 61.1 cm³/mol. The van der Waals surface area contributed by atoms with Gasteiger partial charge < -0.3 is 14.6 Å². The number of aliphatic hydroxyl groups is 1. The van der Waals surface area contributed by atoms with E-state index in [0.717, 1.165) is 0 Å². The van der Waals surface area contributed by atoms with Crippen LogP contribution in [0.5, 0.6) is 11.5 Å². The normalized spacial score (nSPS) is 13.2. The van der Waals surface area contributed by atoms with E-state index >= 15 is 0 Å². The van der Waals surface area contributed by atoms with Crippen molar-refractivity contribution < 1.29 is 32.5 Å². The average Bonchev–Trinajstić information content (AvgIpc) is 2.33. The van der Waals surface area contributed by atoms with Crippen molar-refractivity contribution in [2.45, 2.75) is 19.4 Å². The number of benzene rings is 1. The van der Waals surface area contributed by atoms with Crippen molar-refractivity contribution in [2.24, 2.45) is 0 Å². The van der Waals surface area contributed by atoms with Crippen LogP contribution in [-0.2, 0) is 4.74 Å². The maximum absolute atomic E-state index is 11.8. The van der Waals surface area contributed by atoms with Crippen molar-refractivity contribution >= 4 is 0 Å². The third-order valence-electron chi connectivity index (χ3n) is 2.28. The first kappa shape index (κ1) is 15.6. The van der Waals surface area contributed by atoms with Gasteiger partial charge in [0.2, 0.25) is 0 Å². The second-order valence-corrected chi connectivity index (χ2v) is 3.72. The molecule has 1 aromatic rings. The molecule has 1 rings (SSSR count). The summed E-state index contributed by atoms with van der Waals surface area (Å²) in [6.45, 7) is 0.618. The van der Waals surface area contributed by atoms with Gasteiger partial charge in [-0.15, -0.1) is 13.2 Å². The fraction of sp³-hybridized carbons (Fsp3) is 0.500. The molecule has 4 nitrogen and oxygen atoms in total. The minimum atomic E-state index is -4.68. The smallest absolute Gasteiger partial charge is 0.497 e. The monoisotopic (exact) mass is 280 g/mol. The van der Waals surface area contributed by atoms with Crippen molar-refractivity contribution in [3.63, 3.8) is 0 Å². The van der Waals surface area contributed by atoms with E-state index in [0.29, 0.717) is 11.3 Å². The number of hydrogen-bond acceptors (Lipinski definition) is 4. The molecule has 0 amide bonds. The van der Waals surface area contributed by atoms with Gasteiger partial charge >= 0.3 is 6.36 Å². The Morgan fingerprint density at radius 2 is 1.95 bits per heavy atom. The molecule has 0 saturated heterocycles. The number of halogens is 3. The fourth-order valence-corrected chi connectivity index (χ4v) is 1.42. The van der Waals surface area contributed by atoms with E-state index in [-0.39, 0.29) is 12.4 Å². The van der Waals surface area contributed by atoms with Crippen molar-refractivity contribution in [3.8, 4) is 11.5 Å². The van der Waals surface area contributed by atoms with Gasteiger partial charge in [-0.3, -0.25) is 4.74 Å². The molecule has 1 aromatic carbocycles. The highest BCUT2D eigenvalue weighted by Gasteiger charge is 2.28. The van der Waals surface area contributed by atoms with E-state index in [9.17, 15) is 18.3 Å². The van der Waals surface area contributed by atoms with Crippen molar-refractivity contribution in [3.05, 3.63) is 23.8 Å². The molecule has 0 aliphatic heterocycles. The third kappa shape index (κ3) is 5.35. The standard InChI is InChI=1S/C12H15F3O4/c1-8(16)10-4-3-9(17-2)7-11(10)18-5-6-19-12(13,14)15/h3-4,7-8,16H,5-6H2,1-2H3. The molecule has 0 radical (unpaired) electrons. The van der Waals surface area contributed by atoms with Crippen LogP contribution in [0, 0.1) is 0 Å². The highest BCUT2D eigenvalue weighted by molar-refractivity contribution is 5.41. The van der Waals surface area contributed by atoms with Gasteiger partial charge in [0.1, 0.15) is 18.1 Å². The quantitative estimate of drug-likeness (QED) is 0.814. The van der Waals surface area contributed by atoms with E-state index in [1.54, 1.807) is 12.1 Å². The van der Waals surface area contributed by atoms with Crippen LogP contribution >= 0.6 is 0 Å². The maximum atomic E-state index is 11.8. The lowest BCUT2D eigenvalue weighted by Crippen LogP contribution is -2.18. The number of aliphatic hydroxyl groups excluding tert-OH is 1. The van der Waals surface area contributed by atoms with Crippen LogP contribution < -0.4 is 9.47 Å². The summed E-state index contributed by atoms with van der Waals surface area (Å²) in [4.78, 5) is 0.